The van der Waals surface area contributed by atoms with Gasteiger partial charge in [-0.1, -0.05) is 78.9 Å². The molecule has 0 saturated carbocycles. The standard InChI is InChI=1S/C26H18O8/c27-21(19-13-5-9-15-7-1-3-11-17(15)19)26(25(32)33,22(28)23(29)30)34-24(31)20-14-6-10-16-8-2-4-12-18(16)20/h1-14,22,28H,(H,29,30)(H,32,33). The largest absolute Gasteiger partial charge is 0.479 e. The highest BCUT2D eigenvalue weighted by Gasteiger charge is 2.60. The SMILES string of the molecule is O=C(OC(C(=O)O)(C(=O)c1cccc2ccccc12)C(O)C(=O)O)c1cccc2ccccc12. The normalized spacial score (nSPS) is 13.7. The lowest BCUT2D eigenvalue weighted by atomic mass is 9.85. The van der Waals surface area contributed by atoms with Gasteiger partial charge in [-0.25, -0.2) is 14.4 Å². The molecule has 0 fully saturated rings. The number of fused-ring (bicyclic) bond motifs is 2. The molecule has 0 aliphatic rings. The highest BCUT2D eigenvalue weighted by molar-refractivity contribution is 6.23. The predicted molar refractivity (Wildman–Crippen MR) is 122 cm³/mol. The number of carboxylic acids is 2. The number of benzene rings is 4. The van der Waals surface area contributed by atoms with Gasteiger partial charge in [0.15, 0.2) is 0 Å². The fourth-order valence-electron chi connectivity index (χ4n) is 3.89. The third-order valence-corrected chi connectivity index (χ3v) is 5.57. The van der Waals surface area contributed by atoms with Crippen molar-refractivity contribution in [1.82, 2.24) is 0 Å². The summed E-state index contributed by atoms with van der Waals surface area (Å²) in [6, 6.07) is 22.2. The van der Waals surface area contributed by atoms with E-state index in [1.807, 2.05) is 0 Å². The minimum absolute atomic E-state index is 0.0907. The third-order valence-electron chi connectivity index (χ3n) is 5.57. The highest BCUT2D eigenvalue weighted by Crippen LogP contribution is 2.30. The smallest absolute Gasteiger partial charge is 0.360 e. The van der Waals surface area contributed by atoms with Gasteiger partial charge in [0.25, 0.3) is 0 Å². The van der Waals surface area contributed by atoms with Gasteiger partial charge in [-0.15, -0.1) is 0 Å². The summed E-state index contributed by atoms with van der Waals surface area (Å²) in [4.78, 5) is 50.9. The second-order valence-corrected chi connectivity index (χ2v) is 7.55. The second-order valence-electron chi connectivity index (χ2n) is 7.55. The molecular formula is C26H18O8. The minimum Gasteiger partial charge on any atom is -0.479 e. The molecule has 4 aromatic carbocycles. The summed E-state index contributed by atoms with van der Waals surface area (Å²) in [7, 11) is 0. The van der Waals surface area contributed by atoms with Gasteiger partial charge < -0.3 is 20.1 Å². The van der Waals surface area contributed by atoms with Gasteiger partial charge in [-0.05, 0) is 27.6 Å². The molecule has 0 amide bonds. The Kier molecular flexibility index (Phi) is 5.83. The van der Waals surface area contributed by atoms with E-state index >= 15 is 0 Å². The summed E-state index contributed by atoms with van der Waals surface area (Å²) in [5, 5.41) is 31.9. The molecule has 170 valence electrons. The Morgan fingerprint density at radius 1 is 0.676 bits per heavy atom. The van der Waals surface area contributed by atoms with Gasteiger partial charge in [0.1, 0.15) is 0 Å². The van der Waals surface area contributed by atoms with Crippen LogP contribution in [0.25, 0.3) is 21.5 Å². The number of hydrogen-bond donors (Lipinski definition) is 3. The number of esters is 1. The van der Waals surface area contributed by atoms with Crippen molar-refractivity contribution in [3.8, 4) is 0 Å². The number of carboxylic acid groups (broad SMARTS) is 2. The molecule has 4 rings (SSSR count). The maximum atomic E-state index is 13.6. The third kappa shape index (κ3) is 3.66. The van der Waals surface area contributed by atoms with E-state index in [-0.39, 0.29) is 11.1 Å². The number of carbonyl (C=O) groups is 4. The maximum Gasteiger partial charge on any atom is 0.360 e. The van der Waals surface area contributed by atoms with E-state index < -0.39 is 35.4 Å². The number of ether oxygens (including phenoxy) is 1. The first kappa shape index (κ1) is 22.6. The summed E-state index contributed by atoms with van der Waals surface area (Å²) in [5.74, 6) is -6.80. The summed E-state index contributed by atoms with van der Waals surface area (Å²) < 4.78 is 5.16. The topological polar surface area (TPSA) is 138 Å². The zero-order chi connectivity index (χ0) is 24.5. The zero-order valence-corrected chi connectivity index (χ0v) is 17.5. The van der Waals surface area contributed by atoms with Crippen molar-refractivity contribution < 1.29 is 39.2 Å². The van der Waals surface area contributed by atoms with Crippen molar-refractivity contribution in [3.63, 3.8) is 0 Å². The number of hydrogen-bond acceptors (Lipinski definition) is 6. The molecule has 8 heteroatoms. The molecule has 0 aliphatic heterocycles. The second kappa shape index (κ2) is 8.76. The van der Waals surface area contributed by atoms with Gasteiger partial charge in [0, 0.05) is 5.56 Å². The van der Waals surface area contributed by atoms with Crippen LogP contribution in [-0.2, 0) is 14.3 Å². The summed E-state index contributed by atoms with van der Waals surface area (Å²) in [6.45, 7) is 0. The minimum atomic E-state index is -3.44. The number of aliphatic carboxylic acids is 2. The molecule has 34 heavy (non-hydrogen) atoms. The van der Waals surface area contributed by atoms with Crippen molar-refractivity contribution >= 4 is 45.2 Å². The Balaban J connectivity index is 1.90. The number of rotatable bonds is 7. The molecule has 0 bridgehead atoms. The van der Waals surface area contributed by atoms with Crippen LogP contribution in [0.15, 0.2) is 84.9 Å². The fourth-order valence-corrected chi connectivity index (χ4v) is 3.89. The molecule has 0 aliphatic carbocycles. The van der Waals surface area contributed by atoms with E-state index in [1.54, 1.807) is 54.6 Å². The van der Waals surface area contributed by atoms with Gasteiger partial charge in [-0.3, -0.25) is 4.79 Å². The van der Waals surface area contributed by atoms with Crippen molar-refractivity contribution in [2.45, 2.75) is 11.7 Å². The Morgan fingerprint density at radius 3 is 1.68 bits per heavy atom. The van der Waals surface area contributed by atoms with Crippen molar-refractivity contribution in [3.05, 3.63) is 96.1 Å². The number of ketones is 1. The summed E-state index contributed by atoms with van der Waals surface area (Å²) >= 11 is 0. The van der Waals surface area contributed by atoms with Gasteiger partial charge >= 0.3 is 23.5 Å². The van der Waals surface area contributed by atoms with E-state index in [2.05, 4.69) is 0 Å². The maximum absolute atomic E-state index is 13.6. The molecule has 0 saturated heterocycles. The molecule has 3 N–H and O–H groups in total. The first-order chi connectivity index (χ1) is 16.3. The highest BCUT2D eigenvalue weighted by atomic mass is 16.6. The van der Waals surface area contributed by atoms with Crippen LogP contribution in [-0.4, -0.2) is 50.7 Å². The van der Waals surface area contributed by atoms with Gasteiger partial charge in [0.2, 0.25) is 11.9 Å². The average Bonchev–Trinajstić information content (AvgIpc) is 2.85. The first-order valence-electron chi connectivity index (χ1n) is 10.2. The summed E-state index contributed by atoms with van der Waals surface area (Å²) in [6.07, 6.45) is -2.88. The molecule has 0 spiro atoms. The molecule has 2 unspecified atom stereocenters. The number of carbonyl (C=O) groups excluding carboxylic acids is 2. The van der Waals surface area contributed by atoms with Crippen LogP contribution < -0.4 is 0 Å². The molecule has 4 aromatic rings. The quantitative estimate of drug-likeness (QED) is 0.218. The lowest BCUT2D eigenvalue weighted by molar-refractivity contribution is -0.176. The lowest BCUT2D eigenvalue weighted by Crippen LogP contribution is -2.61. The van der Waals surface area contributed by atoms with E-state index in [9.17, 15) is 34.5 Å². The molecule has 0 radical (unpaired) electrons. The van der Waals surface area contributed by atoms with Gasteiger partial charge in [-0.2, -0.15) is 0 Å². The molecule has 8 nitrogen and oxygen atoms in total. The van der Waals surface area contributed by atoms with Crippen LogP contribution in [0.5, 0.6) is 0 Å². The Hall–Kier alpha value is -4.56. The zero-order valence-electron chi connectivity index (χ0n) is 17.5. The van der Waals surface area contributed by atoms with Crippen LogP contribution >= 0.6 is 0 Å². The predicted octanol–water partition coefficient (Wildman–Crippen LogP) is 3.30. The Morgan fingerprint density at radius 2 is 1.15 bits per heavy atom. The van der Waals surface area contributed by atoms with Crippen LogP contribution in [0.1, 0.15) is 20.7 Å². The van der Waals surface area contributed by atoms with Crippen LogP contribution in [0.3, 0.4) is 0 Å². The number of aliphatic hydroxyl groups is 1. The van der Waals surface area contributed by atoms with Crippen molar-refractivity contribution in [2.24, 2.45) is 0 Å². The van der Waals surface area contributed by atoms with Crippen molar-refractivity contribution in [2.75, 3.05) is 0 Å². The van der Waals surface area contributed by atoms with Crippen LogP contribution in [0.4, 0.5) is 0 Å². The van der Waals surface area contributed by atoms with E-state index in [0.29, 0.717) is 21.5 Å². The van der Waals surface area contributed by atoms with Crippen LogP contribution in [0, 0.1) is 0 Å². The molecular weight excluding hydrogens is 440 g/mol. The number of Topliss-reactive ketones (excluding diaryl/α,β-unsaturated/α-hetero) is 1. The van der Waals surface area contributed by atoms with Crippen LogP contribution in [0.2, 0.25) is 0 Å². The Bertz CT molecular complexity index is 1450. The molecule has 2 atom stereocenters. The summed E-state index contributed by atoms with van der Waals surface area (Å²) in [5.41, 5.74) is -3.75. The first-order valence-corrected chi connectivity index (χ1v) is 10.2. The lowest BCUT2D eigenvalue weighted by Gasteiger charge is -2.30. The van der Waals surface area contributed by atoms with Crippen molar-refractivity contribution in [1.29, 1.82) is 0 Å². The van der Waals surface area contributed by atoms with Gasteiger partial charge in [0.05, 0.1) is 5.56 Å². The molecule has 0 heterocycles. The number of aliphatic hydroxyl groups excluding tert-OH is 1. The average molecular weight is 458 g/mol. The Labute approximate surface area is 192 Å². The van der Waals surface area contributed by atoms with E-state index in [0.717, 1.165) is 0 Å². The monoisotopic (exact) mass is 458 g/mol. The molecule has 0 aromatic heterocycles. The fraction of sp³-hybridized carbons (Fsp3) is 0.0769. The van der Waals surface area contributed by atoms with E-state index in [4.69, 9.17) is 4.74 Å². The van der Waals surface area contributed by atoms with E-state index in [1.165, 1.54) is 30.3 Å².